The first kappa shape index (κ1) is 14.3. The second-order valence-electron chi connectivity index (χ2n) is 4.48. The minimum atomic E-state index is -0.456. The van der Waals surface area contributed by atoms with Gasteiger partial charge in [0.05, 0.1) is 25.8 Å². The van der Waals surface area contributed by atoms with Crippen LogP contribution in [0, 0.1) is 0 Å². The molecule has 0 unspecified atom stereocenters. The number of fused-ring (bicyclic) bond motifs is 1. The maximum Gasteiger partial charge on any atom is 0.311 e. The van der Waals surface area contributed by atoms with Crippen LogP contribution in [-0.2, 0) is 22.5 Å². The summed E-state index contributed by atoms with van der Waals surface area (Å²) in [5, 5.41) is 7.90. The Balaban J connectivity index is 1.84. The predicted octanol–water partition coefficient (Wildman–Crippen LogP) is 0.807. The molecule has 0 fully saturated rings. The first-order valence-corrected chi connectivity index (χ1v) is 7.35. The number of rotatable bonds is 5. The number of methoxy groups -OCH3 is 1. The van der Waals surface area contributed by atoms with Crippen molar-refractivity contribution in [2.24, 2.45) is 0 Å². The number of aromatic amines is 1. The average molecular weight is 319 g/mol. The molecule has 8 nitrogen and oxygen atoms in total. The van der Waals surface area contributed by atoms with Gasteiger partial charge in [-0.25, -0.2) is 4.98 Å². The summed E-state index contributed by atoms with van der Waals surface area (Å²) in [6.45, 7) is 0.598. The monoisotopic (exact) mass is 319 g/mol. The van der Waals surface area contributed by atoms with Gasteiger partial charge in [0, 0.05) is 10.9 Å². The van der Waals surface area contributed by atoms with Gasteiger partial charge >= 0.3 is 5.97 Å². The van der Waals surface area contributed by atoms with Crippen molar-refractivity contribution in [3.63, 3.8) is 0 Å². The van der Waals surface area contributed by atoms with Gasteiger partial charge in [0.15, 0.2) is 0 Å². The van der Waals surface area contributed by atoms with E-state index in [0.717, 1.165) is 4.88 Å². The molecule has 0 saturated carbocycles. The van der Waals surface area contributed by atoms with E-state index in [0.29, 0.717) is 18.2 Å². The van der Waals surface area contributed by atoms with E-state index >= 15 is 0 Å². The van der Waals surface area contributed by atoms with Gasteiger partial charge in [-0.15, -0.1) is 11.3 Å². The molecule has 3 rings (SSSR count). The topological polar surface area (TPSA) is 101 Å². The van der Waals surface area contributed by atoms with Gasteiger partial charge in [-0.2, -0.15) is 9.50 Å². The fraction of sp³-hybridized carbons (Fsp3) is 0.231. The fourth-order valence-corrected chi connectivity index (χ4v) is 2.55. The molecule has 114 valence electrons. The Labute approximate surface area is 128 Å². The first-order valence-electron chi connectivity index (χ1n) is 6.47. The second kappa shape index (κ2) is 5.98. The molecule has 0 aliphatic carbocycles. The molecular weight excluding hydrogens is 306 g/mol. The number of nitrogens with one attached hydrogen (secondary N) is 2. The molecule has 0 radical (unpaired) electrons. The lowest BCUT2D eigenvalue weighted by molar-refractivity contribution is -0.139. The summed E-state index contributed by atoms with van der Waals surface area (Å²) in [6, 6.07) is 5.25. The largest absolute Gasteiger partial charge is 0.469 e. The molecule has 22 heavy (non-hydrogen) atoms. The highest BCUT2D eigenvalue weighted by molar-refractivity contribution is 7.09. The molecule has 0 aliphatic heterocycles. The number of anilines is 1. The van der Waals surface area contributed by atoms with Crippen LogP contribution in [-0.4, -0.2) is 32.7 Å². The van der Waals surface area contributed by atoms with Gasteiger partial charge in [-0.3, -0.25) is 14.7 Å². The number of thiophene rings is 1. The van der Waals surface area contributed by atoms with E-state index in [1.807, 2.05) is 17.5 Å². The molecule has 0 amide bonds. The van der Waals surface area contributed by atoms with Gasteiger partial charge in [0.2, 0.25) is 5.95 Å². The molecule has 0 bridgehead atoms. The van der Waals surface area contributed by atoms with Crippen molar-refractivity contribution in [3.8, 4) is 0 Å². The molecular formula is C13H13N5O3S. The number of hydrogen-bond acceptors (Lipinski definition) is 7. The Morgan fingerprint density at radius 3 is 3.09 bits per heavy atom. The maximum atomic E-state index is 12.0. The zero-order valence-corrected chi connectivity index (χ0v) is 12.5. The van der Waals surface area contributed by atoms with E-state index in [4.69, 9.17) is 0 Å². The van der Waals surface area contributed by atoms with Gasteiger partial charge in [-0.05, 0) is 11.4 Å². The van der Waals surface area contributed by atoms with Crippen molar-refractivity contribution in [1.82, 2.24) is 19.6 Å². The minimum Gasteiger partial charge on any atom is -0.469 e. The number of carbonyl (C=O) groups is 1. The van der Waals surface area contributed by atoms with Crippen LogP contribution in [0.5, 0.6) is 0 Å². The van der Waals surface area contributed by atoms with Gasteiger partial charge in [0.25, 0.3) is 11.3 Å². The summed E-state index contributed by atoms with van der Waals surface area (Å²) < 4.78 is 5.78. The van der Waals surface area contributed by atoms with Crippen LogP contribution in [0.1, 0.15) is 10.6 Å². The molecule has 0 aromatic carbocycles. The van der Waals surface area contributed by atoms with E-state index in [1.165, 1.54) is 17.7 Å². The minimum absolute atomic E-state index is 0.0624. The second-order valence-corrected chi connectivity index (χ2v) is 5.51. The smallest absolute Gasteiger partial charge is 0.311 e. The zero-order chi connectivity index (χ0) is 15.5. The Kier molecular flexibility index (Phi) is 3.88. The van der Waals surface area contributed by atoms with Crippen molar-refractivity contribution in [1.29, 1.82) is 0 Å². The van der Waals surface area contributed by atoms with Gasteiger partial charge in [-0.1, -0.05) is 6.07 Å². The van der Waals surface area contributed by atoms with Crippen LogP contribution in [0.3, 0.4) is 0 Å². The van der Waals surface area contributed by atoms with Crippen LogP contribution in [0.4, 0.5) is 5.95 Å². The van der Waals surface area contributed by atoms with Crippen molar-refractivity contribution in [2.75, 3.05) is 12.4 Å². The number of ether oxygens (including phenoxy) is 1. The van der Waals surface area contributed by atoms with Crippen LogP contribution < -0.4 is 10.9 Å². The summed E-state index contributed by atoms with van der Waals surface area (Å²) in [7, 11) is 1.29. The number of aromatic nitrogens is 4. The van der Waals surface area contributed by atoms with Crippen molar-refractivity contribution in [2.45, 2.75) is 13.0 Å². The third kappa shape index (κ3) is 2.98. The number of carbonyl (C=O) groups excluding carboxylic acids is 1. The van der Waals surface area contributed by atoms with Crippen LogP contribution in [0.25, 0.3) is 5.78 Å². The summed E-state index contributed by atoms with van der Waals surface area (Å²) in [5.41, 5.74) is -0.00580. The molecule has 3 aromatic rings. The average Bonchev–Trinajstić information content (AvgIpc) is 3.14. The molecule has 0 atom stereocenters. The van der Waals surface area contributed by atoms with Crippen molar-refractivity contribution in [3.05, 3.63) is 44.5 Å². The SMILES string of the molecule is COC(=O)Cc1cc(=O)n2[nH]c(NCc3cccs3)nc2n1. The lowest BCUT2D eigenvalue weighted by atomic mass is 10.3. The molecule has 9 heteroatoms. The Morgan fingerprint density at radius 1 is 1.50 bits per heavy atom. The predicted molar refractivity (Wildman–Crippen MR) is 81.0 cm³/mol. The van der Waals surface area contributed by atoms with E-state index in [2.05, 4.69) is 25.1 Å². The molecule has 3 aromatic heterocycles. The summed E-state index contributed by atoms with van der Waals surface area (Å²) in [4.78, 5) is 32.8. The van der Waals surface area contributed by atoms with Gasteiger partial charge < -0.3 is 10.1 Å². The highest BCUT2D eigenvalue weighted by Gasteiger charge is 2.11. The van der Waals surface area contributed by atoms with E-state index in [1.54, 1.807) is 11.3 Å². The van der Waals surface area contributed by atoms with Crippen molar-refractivity contribution < 1.29 is 9.53 Å². The third-order valence-electron chi connectivity index (χ3n) is 2.95. The molecule has 0 aliphatic rings. The van der Waals surface area contributed by atoms with Crippen LogP contribution >= 0.6 is 11.3 Å². The van der Waals surface area contributed by atoms with Crippen LogP contribution in [0.2, 0.25) is 0 Å². The summed E-state index contributed by atoms with van der Waals surface area (Å²) in [5.74, 6) is 0.191. The third-order valence-corrected chi connectivity index (χ3v) is 3.82. The summed E-state index contributed by atoms with van der Waals surface area (Å²) in [6.07, 6.45) is -0.0624. The standard InChI is InChI=1S/C13H13N5O3S/c1-21-11(20)6-8-5-10(19)18-13(15-8)16-12(17-18)14-7-9-3-2-4-22-9/h2-5H,6-7H2,1H3,(H2,14,15,16,17). The summed E-state index contributed by atoms with van der Waals surface area (Å²) >= 11 is 1.62. The van der Waals surface area contributed by atoms with Gasteiger partial charge in [0.1, 0.15) is 0 Å². The molecule has 0 spiro atoms. The van der Waals surface area contributed by atoms with Crippen molar-refractivity contribution >= 4 is 29.0 Å². The zero-order valence-electron chi connectivity index (χ0n) is 11.7. The number of nitrogens with zero attached hydrogens (tertiary/aromatic N) is 3. The lowest BCUT2D eigenvalue weighted by Crippen LogP contribution is -2.17. The lowest BCUT2D eigenvalue weighted by Gasteiger charge is -1.98. The quantitative estimate of drug-likeness (QED) is 0.675. The highest BCUT2D eigenvalue weighted by Crippen LogP contribution is 2.10. The fourth-order valence-electron chi connectivity index (χ4n) is 1.90. The normalized spacial score (nSPS) is 10.8. The number of esters is 1. The number of hydrogen-bond donors (Lipinski definition) is 2. The van der Waals surface area contributed by atoms with E-state index < -0.39 is 5.97 Å². The maximum absolute atomic E-state index is 12.0. The van der Waals surface area contributed by atoms with E-state index in [9.17, 15) is 9.59 Å². The Bertz CT molecular complexity index is 852. The molecule has 2 N–H and O–H groups in total. The molecule has 0 saturated heterocycles. The number of H-pyrrole nitrogens is 1. The Hall–Kier alpha value is -2.68. The Morgan fingerprint density at radius 2 is 2.36 bits per heavy atom. The first-order chi connectivity index (χ1) is 10.7. The highest BCUT2D eigenvalue weighted by atomic mass is 32.1. The van der Waals surface area contributed by atoms with Crippen LogP contribution in [0.15, 0.2) is 28.4 Å². The van der Waals surface area contributed by atoms with E-state index in [-0.39, 0.29) is 17.8 Å². The molecule has 3 heterocycles.